The monoisotopic (exact) mass is 1150 g/mol. The van der Waals surface area contributed by atoms with Crippen molar-refractivity contribution in [3.05, 3.63) is 60.8 Å². The van der Waals surface area contributed by atoms with Gasteiger partial charge in [0.05, 0.1) is 0 Å². The van der Waals surface area contributed by atoms with E-state index in [1.807, 2.05) is 0 Å². The van der Waals surface area contributed by atoms with Crippen LogP contribution in [0.3, 0.4) is 0 Å². The van der Waals surface area contributed by atoms with Crippen LogP contribution in [0.1, 0.15) is 387 Å². The molecule has 0 aliphatic heterocycles. The van der Waals surface area contributed by atoms with Crippen molar-refractivity contribution in [2.45, 2.75) is 393 Å². The quantitative estimate of drug-likeness (QED) is 0.0261. The molecule has 0 amide bonds. The maximum absolute atomic E-state index is 12.9. The Morgan fingerprint density at radius 3 is 0.732 bits per heavy atom. The first-order valence-corrected chi connectivity index (χ1v) is 36.3. The third-order valence-electron chi connectivity index (χ3n) is 16.2. The minimum Gasteiger partial charge on any atom is -0.462 e. The fourth-order valence-corrected chi connectivity index (χ4v) is 10.7. The largest absolute Gasteiger partial charge is 0.462 e. The zero-order valence-corrected chi connectivity index (χ0v) is 55.0. The van der Waals surface area contributed by atoms with E-state index in [2.05, 4.69) is 81.5 Å². The number of unbranched alkanes of at least 4 members (excludes halogenated alkanes) is 46. The van der Waals surface area contributed by atoms with E-state index < -0.39 is 6.10 Å². The van der Waals surface area contributed by atoms with E-state index in [0.717, 1.165) is 83.5 Å². The highest BCUT2D eigenvalue weighted by atomic mass is 16.6. The number of esters is 3. The topological polar surface area (TPSA) is 78.9 Å². The number of carbonyl (C=O) groups is 3. The molecule has 6 nitrogen and oxygen atoms in total. The molecule has 0 rings (SSSR count). The highest BCUT2D eigenvalue weighted by Gasteiger charge is 2.19. The van der Waals surface area contributed by atoms with E-state index in [9.17, 15) is 14.4 Å². The lowest BCUT2D eigenvalue weighted by Gasteiger charge is -2.18. The van der Waals surface area contributed by atoms with E-state index in [-0.39, 0.29) is 31.1 Å². The van der Waals surface area contributed by atoms with Gasteiger partial charge in [-0.3, -0.25) is 14.4 Å². The number of ether oxygens (including phenoxy) is 3. The summed E-state index contributed by atoms with van der Waals surface area (Å²) in [7, 11) is 0. The Balaban J connectivity index is 4.11. The third-order valence-corrected chi connectivity index (χ3v) is 16.2. The molecule has 82 heavy (non-hydrogen) atoms. The number of rotatable bonds is 67. The molecule has 6 heteroatoms. The van der Waals surface area contributed by atoms with Gasteiger partial charge in [0, 0.05) is 19.3 Å². The summed E-state index contributed by atoms with van der Waals surface area (Å²) in [5.41, 5.74) is 0. The first-order valence-electron chi connectivity index (χ1n) is 36.3. The van der Waals surface area contributed by atoms with Gasteiger partial charge in [-0.2, -0.15) is 0 Å². The summed E-state index contributed by atoms with van der Waals surface area (Å²) < 4.78 is 16.9. The van der Waals surface area contributed by atoms with Gasteiger partial charge < -0.3 is 14.2 Å². The van der Waals surface area contributed by atoms with Crippen LogP contribution in [0, 0.1) is 0 Å². The lowest BCUT2D eigenvalue weighted by molar-refractivity contribution is -0.167. The van der Waals surface area contributed by atoms with Crippen molar-refractivity contribution in [2.75, 3.05) is 13.2 Å². The molecule has 0 radical (unpaired) electrons. The zero-order valence-electron chi connectivity index (χ0n) is 55.0. The summed E-state index contributed by atoms with van der Waals surface area (Å²) in [5, 5.41) is 0. The molecule has 0 aromatic rings. The summed E-state index contributed by atoms with van der Waals surface area (Å²) in [6.07, 6.45) is 91.3. The highest BCUT2D eigenvalue weighted by Crippen LogP contribution is 2.18. The SMILES string of the molecule is CCC/C=C\CCCCCCCC(=O)OCC(COC(=O)CCCCCCCCCCCCCCCCCCCCC/C=C\C/C=C\CCCCCCC)OC(=O)CCCCCCCCCCCCC/C=C\C/C=C\CCCCCCC. The number of hydrogen-bond donors (Lipinski definition) is 0. The normalized spacial score (nSPS) is 12.4. The van der Waals surface area contributed by atoms with Gasteiger partial charge in [-0.05, 0) is 103 Å². The molecule has 1 atom stereocenters. The fraction of sp³-hybridized carbons (Fsp3) is 0.829. The molecular weight excluding hydrogens is 1010 g/mol. The molecule has 0 fully saturated rings. The standard InChI is InChI=1S/C76H138O6/c1-4-7-10-13-16-19-22-24-26-28-30-32-34-35-36-37-38-39-40-41-43-44-46-48-50-52-54-57-60-63-66-69-75(78)81-72-73(71-80-74(77)68-65-62-59-56-21-18-15-12-9-6-3)82-76(79)70-67-64-61-58-55-53-51-49-47-45-42-33-31-29-27-25-23-20-17-14-11-8-5-2/h12,15,22-25,28-31,73H,4-11,13-14,16-21,26-27,32-72H2,1-3H3/b15-12-,24-22-,25-23-,30-28-,31-29-. The molecule has 0 N–H and O–H groups in total. The molecule has 0 saturated carbocycles. The Morgan fingerprint density at radius 2 is 0.463 bits per heavy atom. The fourth-order valence-electron chi connectivity index (χ4n) is 10.7. The van der Waals surface area contributed by atoms with Gasteiger partial charge in [0.2, 0.25) is 0 Å². The van der Waals surface area contributed by atoms with Crippen molar-refractivity contribution in [2.24, 2.45) is 0 Å². The second-order valence-electron chi connectivity index (χ2n) is 24.5. The van der Waals surface area contributed by atoms with Crippen LogP contribution < -0.4 is 0 Å². The predicted molar refractivity (Wildman–Crippen MR) is 358 cm³/mol. The average Bonchev–Trinajstić information content (AvgIpc) is 3.48. The van der Waals surface area contributed by atoms with E-state index in [4.69, 9.17) is 14.2 Å². The van der Waals surface area contributed by atoms with Crippen LogP contribution in [0.4, 0.5) is 0 Å². The van der Waals surface area contributed by atoms with Crippen LogP contribution in [0.25, 0.3) is 0 Å². The minimum atomic E-state index is -0.778. The second-order valence-corrected chi connectivity index (χ2v) is 24.5. The van der Waals surface area contributed by atoms with Crippen molar-refractivity contribution in [1.29, 1.82) is 0 Å². The lowest BCUT2D eigenvalue weighted by atomic mass is 10.0. The minimum absolute atomic E-state index is 0.0738. The van der Waals surface area contributed by atoms with Crippen LogP contribution >= 0.6 is 0 Å². The maximum Gasteiger partial charge on any atom is 0.306 e. The molecule has 1 unspecified atom stereocenters. The number of allylic oxidation sites excluding steroid dienone is 10. The Hall–Kier alpha value is -2.89. The van der Waals surface area contributed by atoms with E-state index in [0.29, 0.717) is 19.3 Å². The van der Waals surface area contributed by atoms with Gasteiger partial charge >= 0.3 is 17.9 Å². The predicted octanol–water partition coefficient (Wildman–Crippen LogP) is 25.1. The van der Waals surface area contributed by atoms with Crippen LogP contribution in [0.2, 0.25) is 0 Å². The molecule has 0 bridgehead atoms. The summed E-state index contributed by atoms with van der Waals surface area (Å²) in [4.78, 5) is 38.3. The molecular formula is C76H138O6. The van der Waals surface area contributed by atoms with Crippen molar-refractivity contribution < 1.29 is 28.6 Å². The summed E-state index contributed by atoms with van der Waals surface area (Å²) in [6.45, 7) is 6.61. The maximum atomic E-state index is 12.9. The van der Waals surface area contributed by atoms with Gasteiger partial charge in [-0.15, -0.1) is 0 Å². The molecule has 478 valence electrons. The number of hydrogen-bond acceptors (Lipinski definition) is 6. The first-order chi connectivity index (χ1) is 40.5. The molecule has 0 aromatic heterocycles. The lowest BCUT2D eigenvalue weighted by Crippen LogP contribution is -2.30. The van der Waals surface area contributed by atoms with Gasteiger partial charge in [0.15, 0.2) is 6.10 Å². The summed E-state index contributed by atoms with van der Waals surface area (Å²) in [5.74, 6) is -0.865. The van der Waals surface area contributed by atoms with E-state index in [1.165, 1.54) is 263 Å². The van der Waals surface area contributed by atoms with Crippen LogP contribution in [0.5, 0.6) is 0 Å². The van der Waals surface area contributed by atoms with Gasteiger partial charge in [-0.25, -0.2) is 0 Å². The molecule has 0 saturated heterocycles. The Bertz CT molecular complexity index is 1460. The van der Waals surface area contributed by atoms with Crippen molar-refractivity contribution >= 4 is 17.9 Å². The zero-order chi connectivity index (χ0) is 59.2. The van der Waals surface area contributed by atoms with Gasteiger partial charge in [-0.1, -0.05) is 326 Å². The Morgan fingerprint density at radius 1 is 0.244 bits per heavy atom. The Kier molecular flexibility index (Phi) is 68.1. The molecule has 0 heterocycles. The molecule has 0 aliphatic carbocycles. The van der Waals surface area contributed by atoms with Crippen LogP contribution in [-0.4, -0.2) is 37.2 Å². The van der Waals surface area contributed by atoms with Gasteiger partial charge in [0.1, 0.15) is 13.2 Å². The van der Waals surface area contributed by atoms with Gasteiger partial charge in [0.25, 0.3) is 0 Å². The van der Waals surface area contributed by atoms with E-state index >= 15 is 0 Å². The van der Waals surface area contributed by atoms with Crippen LogP contribution in [0.15, 0.2) is 60.8 Å². The second kappa shape index (κ2) is 70.6. The van der Waals surface area contributed by atoms with Crippen molar-refractivity contribution in [3.8, 4) is 0 Å². The van der Waals surface area contributed by atoms with Crippen molar-refractivity contribution in [3.63, 3.8) is 0 Å². The smallest absolute Gasteiger partial charge is 0.306 e. The third kappa shape index (κ3) is 67.9. The molecule has 0 spiro atoms. The molecule has 0 aliphatic rings. The van der Waals surface area contributed by atoms with Crippen molar-refractivity contribution in [1.82, 2.24) is 0 Å². The van der Waals surface area contributed by atoms with E-state index in [1.54, 1.807) is 0 Å². The average molecular weight is 1150 g/mol. The summed E-state index contributed by atoms with van der Waals surface area (Å²) >= 11 is 0. The molecule has 0 aromatic carbocycles. The van der Waals surface area contributed by atoms with Crippen LogP contribution in [-0.2, 0) is 28.6 Å². The number of carbonyl (C=O) groups excluding carboxylic acids is 3. The summed E-state index contributed by atoms with van der Waals surface area (Å²) in [6, 6.07) is 0. The first kappa shape index (κ1) is 79.1. The Labute approximate surface area is 510 Å². The highest BCUT2D eigenvalue weighted by molar-refractivity contribution is 5.71.